The predicted molar refractivity (Wildman–Crippen MR) is 73.6 cm³/mol. The van der Waals surface area contributed by atoms with E-state index < -0.39 is 0 Å². The van der Waals surface area contributed by atoms with Crippen molar-refractivity contribution in [2.24, 2.45) is 5.73 Å². The number of anilines is 1. The Morgan fingerprint density at radius 3 is 2.89 bits per heavy atom. The van der Waals surface area contributed by atoms with Crippen molar-refractivity contribution in [3.8, 4) is 0 Å². The highest BCUT2D eigenvalue weighted by Gasteiger charge is 2.05. The number of aromatic nitrogens is 2. The maximum atomic E-state index is 5.65. The van der Waals surface area contributed by atoms with E-state index >= 15 is 0 Å². The number of rotatable bonds is 5. The molecule has 0 saturated heterocycles. The monoisotopic (exact) mass is 262 g/mol. The molecular weight excluding hydrogens is 248 g/mol. The maximum absolute atomic E-state index is 5.65. The summed E-state index contributed by atoms with van der Waals surface area (Å²) in [6.07, 6.45) is 0.684. The van der Waals surface area contributed by atoms with Gasteiger partial charge in [0.2, 0.25) is 5.89 Å². The number of hydrogen-bond donors (Lipinski definition) is 2. The summed E-state index contributed by atoms with van der Waals surface area (Å²) in [7, 11) is 0. The van der Waals surface area contributed by atoms with Gasteiger partial charge in [-0.2, -0.15) is 4.98 Å². The van der Waals surface area contributed by atoms with E-state index in [0.717, 1.165) is 11.3 Å². The van der Waals surface area contributed by atoms with Crippen LogP contribution in [0.5, 0.6) is 0 Å². The second-order valence-corrected chi connectivity index (χ2v) is 4.26. The molecule has 2 aromatic rings. The first kappa shape index (κ1) is 12.5. The molecule has 6 heteroatoms. The van der Waals surface area contributed by atoms with Crippen LogP contribution in [0.3, 0.4) is 0 Å². The first-order valence-electron chi connectivity index (χ1n) is 5.58. The van der Waals surface area contributed by atoms with E-state index in [1.807, 2.05) is 24.3 Å². The van der Waals surface area contributed by atoms with Crippen molar-refractivity contribution >= 4 is 22.9 Å². The molecule has 0 amide bonds. The minimum atomic E-state index is 0.383. The first-order valence-corrected chi connectivity index (χ1v) is 5.99. The molecule has 1 heterocycles. The smallest absolute Gasteiger partial charge is 0.223 e. The molecule has 3 N–H and O–H groups in total. The lowest BCUT2D eigenvalue weighted by atomic mass is 10.1. The van der Waals surface area contributed by atoms with Crippen LogP contribution < -0.4 is 11.1 Å². The standard InChI is InChI=1S/C12H14N4OS/c1-8-15-11(16-17-8)6-7-14-10-5-3-2-4-9(10)12(13)18/h2-5,14H,6-7H2,1H3,(H2,13,18). The molecule has 0 fully saturated rings. The van der Waals surface area contributed by atoms with Crippen LogP contribution in [-0.2, 0) is 6.42 Å². The zero-order valence-corrected chi connectivity index (χ0v) is 10.8. The van der Waals surface area contributed by atoms with Crippen LogP contribution in [0, 0.1) is 6.92 Å². The Morgan fingerprint density at radius 2 is 2.22 bits per heavy atom. The van der Waals surface area contributed by atoms with Gasteiger partial charge in [0.1, 0.15) is 4.99 Å². The van der Waals surface area contributed by atoms with E-state index in [9.17, 15) is 0 Å². The van der Waals surface area contributed by atoms with Crippen molar-refractivity contribution < 1.29 is 4.52 Å². The molecule has 2 rings (SSSR count). The Morgan fingerprint density at radius 1 is 1.44 bits per heavy atom. The number of aryl methyl sites for hydroxylation is 1. The van der Waals surface area contributed by atoms with Crippen molar-refractivity contribution in [2.45, 2.75) is 13.3 Å². The second-order valence-electron chi connectivity index (χ2n) is 3.82. The Labute approximate surface area is 110 Å². The van der Waals surface area contributed by atoms with Gasteiger partial charge < -0.3 is 15.6 Å². The first-order chi connectivity index (χ1) is 8.66. The van der Waals surface area contributed by atoms with Gasteiger partial charge in [0.25, 0.3) is 0 Å². The van der Waals surface area contributed by atoms with Crippen molar-refractivity contribution in [3.05, 3.63) is 41.5 Å². The Kier molecular flexibility index (Phi) is 3.88. The number of benzene rings is 1. The summed E-state index contributed by atoms with van der Waals surface area (Å²) in [6.45, 7) is 2.46. The van der Waals surface area contributed by atoms with E-state index in [0.29, 0.717) is 29.7 Å². The van der Waals surface area contributed by atoms with Crippen LogP contribution in [0.1, 0.15) is 17.3 Å². The fraction of sp³-hybridized carbons (Fsp3) is 0.250. The molecular formula is C12H14N4OS. The molecule has 5 nitrogen and oxygen atoms in total. The Hall–Kier alpha value is -1.95. The number of para-hydroxylation sites is 1. The molecule has 0 spiro atoms. The fourth-order valence-electron chi connectivity index (χ4n) is 1.60. The van der Waals surface area contributed by atoms with E-state index in [1.165, 1.54) is 0 Å². The van der Waals surface area contributed by atoms with E-state index in [2.05, 4.69) is 15.5 Å². The normalized spacial score (nSPS) is 10.3. The molecule has 0 unspecified atom stereocenters. The molecule has 0 atom stereocenters. The van der Waals surface area contributed by atoms with Crippen LogP contribution >= 0.6 is 12.2 Å². The van der Waals surface area contributed by atoms with Crippen molar-refractivity contribution in [2.75, 3.05) is 11.9 Å². The summed E-state index contributed by atoms with van der Waals surface area (Å²) in [4.78, 5) is 4.51. The minimum Gasteiger partial charge on any atom is -0.389 e. The number of nitrogens with zero attached hydrogens (tertiary/aromatic N) is 2. The lowest BCUT2D eigenvalue weighted by molar-refractivity contribution is 0.387. The Balaban J connectivity index is 1.96. The van der Waals surface area contributed by atoms with E-state index in [4.69, 9.17) is 22.5 Å². The predicted octanol–water partition coefficient (Wildman–Crippen LogP) is 1.67. The van der Waals surface area contributed by atoms with Crippen LogP contribution in [-0.4, -0.2) is 21.7 Å². The van der Waals surface area contributed by atoms with Crippen molar-refractivity contribution in [3.63, 3.8) is 0 Å². The molecule has 0 aliphatic carbocycles. The Bertz CT molecular complexity index is 553. The lowest BCUT2D eigenvalue weighted by Gasteiger charge is -2.09. The quantitative estimate of drug-likeness (QED) is 0.798. The summed E-state index contributed by atoms with van der Waals surface area (Å²) in [5.41, 5.74) is 7.42. The summed E-state index contributed by atoms with van der Waals surface area (Å²) < 4.78 is 4.90. The van der Waals surface area contributed by atoms with Gasteiger partial charge in [-0.25, -0.2) is 0 Å². The van der Waals surface area contributed by atoms with Crippen LogP contribution in [0.15, 0.2) is 28.8 Å². The van der Waals surface area contributed by atoms with Gasteiger partial charge in [0.15, 0.2) is 5.82 Å². The number of nitrogens with two attached hydrogens (primary N) is 1. The molecule has 0 radical (unpaired) electrons. The average molecular weight is 262 g/mol. The van der Waals surface area contributed by atoms with Gasteiger partial charge in [-0.05, 0) is 12.1 Å². The van der Waals surface area contributed by atoms with Crippen LogP contribution in [0.25, 0.3) is 0 Å². The summed E-state index contributed by atoms with van der Waals surface area (Å²) in [5.74, 6) is 1.27. The highest BCUT2D eigenvalue weighted by molar-refractivity contribution is 7.80. The number of nitrogens with one attached hydrogen (secondary N) is 1. The molecule has 1 aromatic carbocycles. The molecule has 18 heavy (non-hydrogen) atoms. The zero-order chi connectivity index (χ0) is 13.0. The van der Waals surface area contributed by atoms with Gasteiger partial charge in [0, 0.05) is 31.1 Å². The largest absolute Gasteiger partial charge is 0.389 e. The summed E-state index contributed by atoms with van der Waals surface area (Å²) in [5, 5.41) is 7.09. The van der Waals surface area contributed by atoms with Crippen molar-refractivity contribution in [1.82, 2.24) is 10.1 Å². The number of thiocarbonyl (C=S) groups is 1. The average Bonchev–Trinajstić information content (AvgIpc) is 2.75. The SMILES string of the molecule is Cc1nc(CCNc2ccccc2C(N)=S)no1. The van der Waals surface area contributed by atoms with Gasteiger partial charge in [-0.15, -0.1) is 0 Å². The lowest BCUT2D eigenvalue weighted by Crippen LogP contribution is -2.14. The van der Waals surface area contributed by atoms with Gasteiger partial charge in [-0.1, -0.05) is 29.5 Å². The van der Waals surface area contributed by atoms with Gasteiger partial charge in [0.05, 0.1) is 0 Å². The molecule has 0 saturated carbocycles. The second kappa shape index (κ2) is 5.59. The minimum absolute atomic E-state index is 0.383. The van der Waals surface area contributed by atoms with Crippen molar-refractivity contribution in [1.29, 1.82) is 0 Å². The fourth-order valence-corrected chi connectivity index (χ4v) is 1.78. The van der Waals surface area contributed by atoms with Gasteiger partial charge >= 0.3 is 0 Å². The molecule has 0 bridgehead atoms. The van der Waals surface area contributed by atoms with Gasteiger partial charge in [-0.3, -0.25) is 0 Å². The molecule has 1 aromatic heterocycles. The maximum Gasteiger partial charge on any atom is 0.223 e. The van der Waals surface area contributed by atoms with E-state index in [-0.39, 0.29) is 0 Å². The summed E-state index contributed by atoms with van der Waals surface area (Å²) in [6, 6.07) is 7.67. The highest BCUT2D eigenvalue weighted by atomic mass is 32.1. The highest BCUT2D eigenvalue weighted by Crippen LogP contribution is 2.14. The zero-order valence-electron chi connectivity index (χ0n) is 10.0. The van der Waals surface area contributed by atoms with Crippen LogP contribution in [0.4, 0.5) is 5.69 Å². The third-order valence-corrected chi connectivity index (χ3v) is 2.65. The molecule has 94 valence electrons. The van der Waals surface area contributed by atoms with Crippen LogP contribution in [0.2, 0.25) is 0 Å². The third-order valence-electron chi connectivity index (χ3n) is 2.43. The van der Waals surface area contributed by atoms with E-state index in [1.54, 1.807) is 6.92 Å². The molecule has 0 aliphatic rings. The molecule has 0 aliphatic heterocycles. The third kappa shape index (κ3) is 3.04. The number of hydrogen-bond acceptors (Lipinski definition) is 5. The summed E-state index contributed by atoms with van der Waals surface area (Å²) >= 11 is 4.99. The topological polar surface area (TPSA) is 77.0 Å².